The maximum absolute atomic E-state index is 4.91. The third-order valence-electron chi connectivity index (χ3n) is 4.34. The van der Waals surface area contributed by atoms with E-state index in [4.69, 9.17) is 5.32 Å². The van der Waals surface area contributed by atoms with Crippen molar-refractivity contribution in [2.75, 3.05) is 6.54 Å². The summed E-state index contributed by atoms with van der Waals surface area (Å²) in [7, 11) is 0. The monoisotopic (exact) mass is 280 g/mol. The van der Waals surface area contributed by atoms with Gasteiger partial charge in [-0.1, -0.05) is 48.5 Å². The molecular formula is C17H20N4. The Bertz CT molecular complexity index is 586. The van der Waals surface area contributed by atoms with Crippen LogP contribution in [0.1, 0.15) is 12.8 Å². The van der Waals surface area contributed by atoms with Crippen molar-refractivity contribution in [3.8, 4) is 0 Å². The summed E-state index contributed by atoms with van der Waals surface area (Å²) in [5.41, 5.74) is 5.92. The first-order valence-corrected chi connectivity index (χ1v) is 7.63. The number of nitrogens with zero attached hydrogens (tertiary/aromatic N) is 2. The zero-order valence-electron chi connectivity index (χ0n) is 11.9. The lowest BCUT2D eigenvalue weighted by molar-refractivity contribution is -0.872. The molecule has 4 rings (SSSR count). The summed E-state index contributed by atoms with van der Waals surface area (Å²) in [6.45, 7) is 1.11. The number of nitrogens with one attached hydrogen (secondary N) is 2. The summed E-state index contributed by atoms with van der Waals surface area (Å²) in [5.74, 6) is 0. The average Bonchev–Trinajstić information content (AvgIpc) is 3.09. The molecule has 0 amide bonds. The number of rotatable bonds is 3. The first-order valence-electron chi connectivity index (χ1n) is 7.63. The minimum absolute atomic E-state index is 0.0556. The Balaban J connectivity index is 1.62. The Labute approximate surface area is 125 Å². The Kier molecular flexibility index (Phi) is 3.35. The second-order valence-electron chi connectivity index (χ2n) is 5.67. The van der Waals surface area contributed by atoms with Gasteiger partial charge >= 0.3 is 0 Å². The van der Waals surface area contributed by atoms with Gasteiger partial charge in [-0.3, -0.25) is 4.90 Å². The van der Waals surface area contributed by atoms with Gasteiger partial charge in [-0.05, 0) is 18.6 Å². The predicted octanol–water partition coefficient (Wildman–Crippen LogP) is 2.13. The van der Waals surface area contributed by atoms with E-state index in [-0.39, 0.29) is 6.29 Å². The van der Waals surface area contributed by atoms with E-state index in [9.17, 15) is 0 Å². The maximum atomic E-state index is 4.91. The molecule has 0 aromatic heterocycles. The molecule has 0 bridgehead atoms. The lowest BCUT2D eigenvalue weighted by atomic mass is 10.2. The number of benzene rings is 2. The van der Waals surface area contributed by atoms with Gasteiger partial charge in [0, 0.05) is 13.0 Å². The molecule has 4 heteroatoms. The van der Waals surface area contributed by atoms with Crippen LogP contribution in [0.15, 0.2) is 60.7 Å². The summed E-state index contributed by atoms with van der Waals surface area (Å²) < 4.78 is 0. The fourth-order valence-electron chi connectivity index (χ4n) is 3.40. The van der Waals surface area contributed by atoms with Gasteiger partial charge in [0.15, 0.2) is 6.17 Å². The molecule has 2 heterocycles. The standard InChI is InChI=1S/C17H19N4/c1-3-8-14(9-4-1)18-17-19-20-13-7-12-16(20)21(17)15-10-5-2-6-11-15/h1-6,8-11,16-17,19H,7,12-13H2/q-1/p+1. The van der Waals surface area contributed by atoms with Gasteiger partial charge < -0.3 is 5.32 Å². The molecule has 4 nitrogen and oxygen atoms in total. The molecule has 3 unspecified atom stereocenters. The van der Waals surface area contributed by atoms with Gasteiger partial charge in [0.2, 0.25) is 0 Å². The first kappa shape index (κ1) is 12.8. The number of para-hydroxylation sites is 2. The Morgan fingerprint density at radius 2 is 1.71 bits per heavy atom. The van der Waals surface area contributed by atoms with Gasteiger partial charge in [0.1, 0.15) is 5.69 Å². The highest BCUT2D eigenvalue weighted by Crippen LogP contribution is 2.24. The van der Waals surface area contributed by atoms with Crippen molar-refractivity contribution < 1.29 is 4.90 Å². The SMILES string of the molecule is c1ccc([N-]C2NN3CCCC3[NH+]2c2ccccc2)cc1. The van der Waals surface area contributed by atoms with Gasteiger partial charge in [0.05, 0.1) is 6.29 Å². The molecule has 2 aromatic rings. The van der Waals surface area contributed by atoms with E-state index in [1.807, 2.05) is 18.2 Å². The number of hydrogen-bond acceptors (Lipinski definition) is 2. The molecule has 0 spiro atoms. The summed E-state index contributed by atoms with van der Waals surface area (Å²) in [6, 6.07) is 20.9. The summed E-state index contributed by atoms with van der Waals surface area (Å²) in [5, 5.41) is 7.27. The number of quaternary nitrogens is 1. The molecule has 2 N–H and O–H groups in total. The average molecular weight is 280 g/mol. The van der Waals surface area contributed by atoms with Crippen LogP contribution in [0.4, 0.5) is 11.4 Å². The predicted molar refractivity (Wildman–Crippen MR) is 83.2 cm³/mol. The van der Waals surface area contributed by atoms with E-state index in [0.29, 0.717) is 6.17 Å². The Morgan fingerprint density at radius 1 is 1.00 bits per heavy atom. The van der Waals surface area contributed by atoms with E-state index in [1.165, 1.54) is 23.4 Å². The summed E-state index contributed by atoms with van der Waals surface area (Å²) in [6.07, 6.45) is 3.02. The topological polar surface area (TPSA) is 33.8 Å². The third-order valence-corrected chi connectivity index (χ3v) is 4.34. The quantitative estimate of drug-likeness (QED) is 0.903. The van der Waals surface area contributed by atoms with E-state index in [0.717, 1.165) is 12.2 Å². The normalized spacial score (nSPS) is 28.5. The van der Waals surface area contributed by atoms with Crippen molar-refractivity contribution in [3.63, 3.8) is 0 Å². The Hall–Kier alpha value is -1.88. The second kappa shape index (κ2) is 5.48. The zero-order valence-corrected chi connectivity index (χ0v) is 11.9. The highest BCUT2D eigenvalue weighted by atomic mass is 15.7. The molecule has 2 aliphatic heterocycles. The molecule has 2 saturated heterocycles. The smallest absolute Gasteiger partial charge is 0.161 e. The van der Waals surface area contributed by atoms with Crippen molar-refractivity contribution in [2.24, 2.45) is 0 Å². The van der Waals surface area contributed by atoms with Crippen molar-refractivity contribution in [2.45, 2.75) is 25.3 Å². The number of fused-ring (bicyclic) bond motifs is 1. The molecule has 2 aromatic carbocycles. The Morgan fingerprint density at radius 3 is 2.48 bits per heavy atom. The van der Waals surface area contributed by atoms with Crippen molar-refractivity contribution in [3.05, 3.63) is 66.0 Å². The fourth-order valence-corrected chi connectivity index (χ4v) is 3.40. The van der Waals surface area contributed by atoms with Crippen LogP contribution in [0.25, 0.3) is 5.32 Å². The minimum Gasteiger partial charge on any atom is -0.619 e. The van der Waals surface area contributed by atoms with Crippen molar-refractivity contribution >= 4 is 11.4 Å². The molecule has 2 fully saturated rings. The van der Waals surface area contributed by atoms with Crippen LogP contribution in [0.2, 0.25) is 0 Å². The molecule has 2 aliphatic rings. The number of hydrazine groups is 1. The van der Waals surface area contributed by atoms with Crippen molar-refractivity contribution in [1.82, 2.24) is 10.4 Å². The van der Waals surface area contributed by atoms with Crippen LogP contribution in [-0.4, -0.2) is 24.0 Å². The van der Waals surface area contributed by atoms with E-state index >= 15 is 0 Å². The maximum Gasteiger partial charge on any atom is 0.161 e. The lowest BCUT2D eigenvalue weighted by Gasteiger charge is -2.34. The summed E-state index contributed by atoms with van der Waals surface area (Å²) >= 11 is 0. The molecule has 108 valence electrons. The third kappa shape index (κ3) is 2.42. The first-order chi connectivity index (χ1) is 10.4. The fraction of sp³-hybridized carbons (Fsp3) is 0.294. The zero-order chi connectivity index (χ0) is 14.1. The summed E-state index contributed by atoms with van der Waals surface area (Å²) in [4.78, 5) is 1.41. The highest BCUT2D eigenvalue weighted by molar-refractivity contribution is 5.48. The van der Waals surface area contributed by atoms with Crippen LogP contribution >= 0.6 is 0 Å². The van der Waals surface area contributed by atoms with Crippen LogP contribution in [0, 0.1) is 0 Å². The molecular weight excluding hydrogens is 260 g/mol. The van der Waals surface area contributed by atoms with Crippen LogP contribution in [0.5, 0.6) is 0 Å². The van der Waals surface area contributed by atoms with Crippen LogP contribution in [0.3, 0.4) is 0 Å². The lowest BCUT2D eigenvalue weighted by Crippen LogP contribution is -3.13. The highest BCUT2D eigenvalue weighted by Gasteiger charge is 2.43. The molecule has 0 aliphatic carbocycles. The molecule has 21 heavy (non-hydrogen) atoms. The minimum atomic E-state index is 0.0556. The largest absolute Gasteiger partial charge is 0.619 e. The number of hydrogen-bond donors (Lipinski definition) is 2. The molecule has 0 radical (unpaired) electrons. The van der Waals surface area contributed by atoms with Gasteiger partial charge in [-0.2, -0.15) is 5.01 Å². The van der Waals surface area contributed by atoms with Gasteiger partial charge in [0.25, 0.3) is 0 Å². The van der Waals surface area contributed by atoms with Crippen LogP contribution < -0.4 is 10.3 Å². The van der Waals surface area contributed by atoms with E-state index in [2.05, 4.69) is 52.9 Å². The molecule has 0 saturated carbocycles. The van der Waals surface area contributed by atoms with E-state index < -0.39 is 0 Å². The van der Waals surface area contributed by atoms with Crippen molar-refractivity contribution in [1.29, 1.82) is 0 Å². The van der Waals surface area contributed by atoms with Gasteiger partial charge in [-0.25, -0.2) is 5.43 Å². The second-order valence-corrected chi connectivity index (χ2v) is 5.67. The van der Waals surface area contributed by atoms with Crippen LogP contribution in [-0.2, 0) is 0 Å². The van der Waals surface area contributed by atoms with E-state index in [1.54, 1.807) is 0 Å². The molecule has 3 atom stereocenters. The van der Waals surface area contributed by atoms with Gasteiger partial charge in [-0.15, -0.1) is 5.69 Å².